The third-order valence-corrected chi connectivity index (χ3v) is 5.49. The van der Waals surface area contributed by atoms with Gasteiger partial charge in [-0.1, -0.05) is 69.9 Å². The lowest BCUT2D eigenvalue weighted by Gasteiger charge is -2.07. The summed E-state index contributed by atoms with van der Waals surface area (Å²) in [6, 6.07) is 4.13. The molecule has 2 aromatic rings. The van der Waals surface area contributed by atoms with E-state index < -0.39 is 0 Å². The quantitative estimate of drug-likeness (QED) is 0.609. The monoisotopic (exact) mass is 432 g/mol. The molecule has 1 aromatic carbocycles. The van der Waals surface area contributed by atoms with Crippen LogP contribution in [0.4, 0.5) is 5.13 Å². The van der Waals surface area contributed by atoms with E-state index in [0.29, 0.717) is 5.13 Å². The number of hydrogen-bond acceptors (Lipinski definition) is 3. The van der Waals surface area contributed by atoms with Gasteiger partial charge >= 0.3 is 0 Å². The number of carbonyl (C=O) groups is 1. The number of rotatable bonds is 6. The molecule has 0 saturated heterocycles. The first-order valence-electron chi connectivity index (χ1n) is 7.09. The number of nitrogens with zero attached hydrogens (tertiary/aromatic N) is 1. The van der Waals surface area contributed by atoms with E-state index in [0.717, 1.165) is 40.4 Å². The first-order valence-corrected chi connectivity index (χ1v) is 9.61. The maximum absolute atomic E-state index is 12.1. The molecule has 0 saturated carbocycles. The zero-order chi connectivity index (χ0) is 15.4. The molecule has 114 valence electrons. The average Bonchev–Trinajstić information content (AvgIpc) is 2.85. The molecule has 2 rings (SSSR count). The number of amides is 1. The molecule has 1 unspecified atom stereocenters. The van der Waals surface area contributed by atoms with Crippen LogP contribution in [0, 0.1) is 0 Å². The minimum Gasteiger partial charge on any atom is -0.301 e. The lowest BCUT2D eigenvalue weighted by Crippen LogP contribution is -2.22. The van der Waals surface area contributed by atoms with Crippen LogP contribution in [0.25, 0.3) is 10.2 Å². The first kappa shape index (κ1) is 16.9. The third-order valence-electron chi connectivity index (χ3n) is 3.25. The summed E-state index contributed by atoms with van der Waals surface area (Å²) >= 11 is 8.48. The molecule has 0 fully saturated rings. The molecule has 0 aliphatic heterocycles. The zero-order valence-corrected chi connectivity index (χ0v) is 16.1. The SMILES string of the molecule is CCCCC(Br)C(=O)Nc1nc2c(CC)cc(Br)cc2s1. The normalized spacial score (nSPS) is 12.6. The molecule has 1 N–H and O–H groups in total. The molecule has 1 amide bonds. The topological polar surface area (TPSA) is 42.0 Å². The summed E-state index contributed by atoms with van der Waals surface area (Å²) in [7, 11) is 0. The smallest absolute Gasteiger partial charge is 0.239 e. The van der Waals surface area contributed by atoms with E-state index in [1.165, 1.54) is 16.9 Å². The van der Waals surface area contributed by atoms with Crippen molar-refractivity contribution in [2.24, 2.45) is 0 Å². The summed E-state index contributed by atoms with van der Waals surface area (Å²) in [6.45, 7) is 4.23. The maximum atomic E-state index is 12.1. The van der Waals surface area contributed by atoms with E-state index in [1.807, 2.05) is 6.07 Å². The fourth-order valence-electron chi connectivity index (χ4n) is 2.08. The summed E-state index contributed by atoms with van der Waals surface area (Å²) in [5.74, 6) is -0.0142. The highest BCUT2D eigenvalue weighted by Crippen LogP contribution is 2.32. The lowest BCUT2D eigenvalue weighted by atomic mass is 10.1. The van der Waals surface area contributed by atoms with Gasteiger partial charge < -0.3 is 5.32 Å². The Balaban J connectivity index is 2.18. The number of aryl methyl sites for hydroxylation is 1. The number of thiazole rings is 1. The highest BCUT2D eigenvalue weighted by atomic mass is 79.9. The number of carbonyl (C=O) groups excluding carboxylic acids is 1. The van der Waals surface area contributed by atoms with Crippen molar-refractivity contribution < 1.29 is 4.79 Å². The molecule has 0 radical (unpaired) electrons. The fraction of sp³-hybridized carbons (Fsp3) is 0.467. The predicted octanol–water partition coefficient (Wildman–Crippen LogP) is 5.51. The van der Waals surface area contributed by atoms with Crippen LogP contribution < -0.4 is 5.32 Å². The van der Waals surface area contributed by atoms with Crippen molar-refractivity contribution in [1.82, 2.24) is 4.98 Å². The van der Waals surface area contributed by atoms with Gasteiger partial charge in [0.15, 0.2) is 5.13 Å². The predicted molar refractivity (Wildman–Crippen MR) is 97.6 cm³/mol. The summed E-state index contributed by atoms with van der Waals surface area (Å²) in [4.78, 5) is 16.5. The molecular weight excluding hydrogens is 416 g/mol. The maximum Gasteiger partial charge on any atom is 0.239 e. The van der Waals surface area contributed by atoms with Crippen molar-refractivity contribution in [3.63, 3.8) is 0 Å². The number of alkyl halides is 1. The van der Waals surface area contributed by atoms with Gasteiger partial charge in [-0.05, 0) is 30.5 Å². The number of halogens is 2. The summed E-state index contributed by atoms with van der Waals surface area (Å²) < 4.78 is 2.14. The largest absolute Gasteiger partial charge is 0.301 e. The van der Waals surface area contributed by atoms with Gasteiger partial charge in [-0.2, -0.15) is 0 Å². The zero-order valence-electron chi connectivity index (χ0n) is 12.1. The van der Waals surface area contributed by atoms with Gasteiger partial charge in [-0.3, -0.25) is 4.79 Å². The summed E-state index contributed by atoms with van der Waals surface area (Å²) in [6.07, 6.45) is 3.89. The van der Waals surface area contributed by atoms with Gasteiger partial charge in [-0.25, -0.2) is 4.98 Å². The second-order valence-corrected chi connectivity index (χ2v) is 7.93. The minimum atomic E-state index is -0.151. The Morgan fingerprint density at radius 2 is 2.19 bits per heavy atom. The summed E-state index contributed by atoms with van der Waals surface area (Å²) in [5.41, 5.74) is 2.18. The fourth-order valence-corrected chi connectivity index (χ4v) is 4.13. The number of anilines is 1. The molecule has 1 heterocycles. The van der Waals surface area contributed by atoms with Crippen LogP contribution in [-0.4, -0.2) is 15.7 Å². The number of nitrogens with one attached hydrogen (secondary N) is 1. The van der Waals surface area contributed by atoms with Crippen LogP contribution in [0.15, 0.2) is 16.6 Å². The molecule has 21 heavy (non-hydrogen) atoms. The van der Waals surface area contributed by atoms with Gasteiger partial charge in [0.25, 0.3) is 0 Å². The van der Waals surface area contributed by atoms with Crippen LogP contribution in [-0.2, 0) is 11.2 Å². The Morgan fingerprint density at radius 3 is 2.86 bits per heavy atom. The van der Waals surface area contributed by atoms with E-state index in [9.17, 15) is 4.79 Å². The number of hydrogen-bond donors (Lipinski definition) is 1. The van der Waals surface area contributed by atoms with E-state index in [4.69, 9.17) is 0 Å². The van der Waals surface area contributed by atoms with Gasteiger partial charge in [0.1, 0.15) is 0 Å². The van der Waals surface area contributed by atoms with Crippen LogP contribution in [0.5, 0.6) is 0 Å². The molecule has 1 aromatic heterocycles. The second kappa shape index (κ2) is 7.70. The molecule has 0 aliphatic rings. The van der Waals surface area contributed by atoms with E-state index in [1.54, 1.807) is 0 Å². The molecule has 6 heteroatoms. The molecule has 0 spiro atoms. The van der Waals surface area contributed by atoms with Crippen LogP contribution in [0.2, 0.25) is 0 Å². The van der Waals surface area contributed by atoms with Crippen LogP contribution in [0.1, 0.15) is 38.7 Å². The first-order chi connectivity index (χ1) is 10.0. The highest BCUT2D eigenvalue weighted by molar-refractivity contribution is 9.10. The number of aromatic nitrogens is 1. The molecule has 0 aliphatic carbocycles. The lowest BCUT2D eigenvalue weighted by molar-refractivity contribution is -0.115. The van der Waals surface area contributed by atoms with E-state index >= 15 is 0 Å². The van der Waals surface area contributed by atoms with Gasteiger partial charge in [0, 0.05) is 4.47 Å². The van der Waals surface area contributed by atoms with Crippen molar-refractivity contribution in [3.05, 3.63) is 22.2 Å². The number of benzene rings is 1. The summed E-state index contributed by atoms with van der Waals surface area (Å²) in [5, 5.41) is 3.59. The van der Waals surface area contributed by atoms with Crippen molar-refractivity contribution in [1.29, 1.82) is 0 Å². The van der Waals surface area contributed by atoms with Gasteiger partial charge in [-0.15, -0.1) is 0 Å². The van der Waals surface area contributed by atoms with Crippen LogP contribution in [0.3, 0.4) is 0 Å². The number of fused-ring (bicyclic) bond motifs is 1. The number of unbranched alkanes of at least 4 members (excludes halogenated alkanes) is 1. The van der Waals surface area contributed by atoms with E-state index in [2.05, 4.69) is 62.1 Å². The van der Waals surface area contributed by atoms with Crippen molar-refractivity contribution in [2.75, 3.05) is 5.32 Å². The van der Waals surface area contributed by atoms with Crippen molar-refractivity contribution in [2.45, 2.75) is 44.4 Å². The Bertz CT molecular complexity index is 642. The highest BCUT2D eigenvalue weighted by Gasteiger charge is 2.17. The Morgan fingerprint density at radius 1 is 1.43 bits per heavy atom. The average molecular weight is 434 g/mol. The Hall–Kier alpha value is -0.460. The van der Waals surface area contributed by atoms with Gasteiger partial charge in [0.05, 0.1) is 15.0 Å². The van der Waals surface area contributed by atoms with Crippen LogP contribution >= 0.6 is 43.2 Å². The molecule has 1 atom stereocenters. The van der Waals surface area contributed by atoms with E-state index in [-0.39, 0.29) is 10.7 Å². The standard InChI is InChI=1S/C15H18Br2N2OS/c1-3-5-6-11(17)14(20)19-15-18-13-9(4-2)7-10(16)8-12(13)21-15/h7-8,11H,3-6H2,1-2H3,(H,18,19,20). The molecule has 0 bridgehead atoms. The minimum absolute atomic E-state index is 0.0142. The Labute approximate surface area is 145 Å². The van der Waals surface area contributed by atoms with Crippen molar-refractivity contribution in [3.8, 4) is 0 Å². The Kier molecular flexibility index (Phi) is 6.20. The second-order valence-electron chi connectivity index (χ2n) is 4.88. The molecule has 3 nitrogen and oxygen atoms in total. The van der Waals surface area contributed by atoms with Crippen molar-refractivity contribution >= 4 is 64.5 Å². The van der Waals surface area contributed by atoms with Gasteiger partial charge in [0.2, 0.25) is 5.91 Å². The third kappa shape index (κ3) is 4.27. The molecular formula is C15H18Br2N2OS.